The third kappa shape index (κ3) is 2.01. The Labute approximate surface area is 113 Å². The van der Waals surface area contributed by atoms with E-state index in [4.69, 9.17) is 0 Å². The molecular weight excluding hydrogens is 294 g/mol. The number of hydrogen-bond acceptors (Lipinski definition) is 3. The first kappa shape index (κ1) is 11.3. The first-order chi connectivity index (χ1) is 8.74. The highest BCUT2D eigenvalue weighted by atomic mass is 79.9. The van der Waals surface area contributed by atoms with Crippen LogP contribution >= 0.6 is 15.9 Å². The summed E-state index contributed by atoms with van der Waals surface area (Å²) in [6, 6.07) is 7.64. The van der Waals surface area contributed by atoms with Crippen LogP contribution in [0.4, 0.5) is 5.69 Å². The van der Waals surface area contributed by atoms with Gasteiger partial charge in [-0.15, -0.1) is 0 Å². The summed E-state index contributed by atoms with van der Waals surface area (Å²) >= 11 is 3.42. The lowest BCUT2D eigenvalue weighted by Crippen LogP contribution is -2.26. The summed E-state index contributed by atoms with van der Waals surface area (Å²) in [6.45, 7) is 0.425. The number of rotatable bonds is 2. The van der Waals surface area contributed by atoms with E-state index in [0.29, 0.717) is 18.8 Å². The van der Waals surface area contributed by atoms with Crippen LogP contribution in [-0.4, -0.2) is 15.9 Å². The van der Waals surface area contributed by atoms with Gasteiger partial charge in [0.2, 0.25) is 5.91 Å². The molecule has 0 fully saturated rings. The molecule has 1 amide bonds. The van der Waals surface area contributed by atoms with E-state index in [-0.39, 0.29) is 5.91 Å². The van der Waals surface area contributed by atoms with Gasteiger partial charge in [0, 0.05) is 22.6 Å². The molecular formula is C13H10BrN3O. The van der Waals surface area contributed by atoms with E-state index in [0.717, 1.165) is 15.7 Å². The highest BCUT2D eigenvalue weighted by Gasteiger charge is 2.27. The predicted molar refractivity (Wildman–Crippen MR) is 71.1 cm³/mol. The first-order valence-electron chi connectivity index (χ1n) is 5.59. The average Bonchev–Trinajstić information content (AvgIpc) is 2.66. The van der Waals surface area contributed by atoms with Crippen molar-refractivity contribution in [3.8, 4) is 0 Å². The highest BCUT2D eigenvalue weighted by molar-refractivity contribution is 9.10. The van der Waals surface area contributed by atoms with Crippen LogP contribution in [0.1, 0.15) is 11.4 Å². The van der Waals surface area contributed by atoms with Gasteiger partial charge < -0.3 is 4.90 Å². The fourth-order valence-electron chi connectivity index (χ4n) is 2.08. The van der Waals surface area contributed by atoms with Gasteiger partial charge in [0.15, 0.2) is 0 Å². The lowest BCUT2D eigenvalue weighted by Gasteiger charge is -2.16. The fraction of sp³-hybridized carbons (Fsp3) is 0.154. The average molecular weight is 304 g/mol. The smallest absolute Gasteiger partial charge is 0.231 e. The molecule has 0 unspecified atom stereocenters. The number of benzene rings is 1. The minimum Gasteiger partial charge on any atom is -0.304 e. The fourth-order valence-corrected chi connectivity index (χ4v) is 2.49. The quantitative estimate of drug-likeness (QED) is 0.855. The third-order valence-electron chi connectivity index (χ3n) is 2.89. The van der Waals surface area contributed by atoms with E-state index in [1.807, 2.05) is 18.2 Å². The van der Waals surface area contributed by atoms with Gasteiger partial charge in [-0.1, -0.05) is 15.9 Å². The van der Waals surface area contributed by atoms with Crippen molar-refractivity contribution >= 4 is 27.5 Å². The molecule has 0 bridgehead atoms. The highest BCUT2D eigenvalue weighted by Crippen LogP contribution is 2.31. The van der Waals surface area contributed by atoms with Crippen molar-refractivity contribution in [2.45, 2.75) is 13.0 Å². The van der Waals surface area contributed by atoms with Gasteiger partial charge in [-0.2, -0.15) is 0 Å². The lowest BCUT2D eigenvalue weighted by molar-refractivity contribution is -0.117. The molecule has 0 saturated carbocycles. The number of aromatic nitrogens is 2. The first-order valence-corrected chi connectivity index (χ1v) is 6.38. The maximum absolute atomic E-state index is 12.0. The van der Waals surface area contributed by atoms with Crippen LogP contribution in [0.5, 0.6) is 0 Å². The van der Waals surface area contributed by atoms with E-state index >= 15 is 0 Å². The van der Waals surface area contributed by atoms with Crippen LogP contribution in [0.15, 0.2) is 41.1 Å². The molecule has 0 aliphatic carbocycles. The van der Waals surface area contributed by atoms with Crippen molar-refractivity contribution in [1.29, 1.82) is 0 Å². The Morgan fingerprint density at radius 3 is 2.83 bits per heavy atom. The van der Waals surface area contributed by atoms with E-state index in [9.17, 15) is 4.79 Å². The predicted octanol–water partition coefficient (Wildman–Crippen LogP) is 2.33. The number of halogens is 1. The summed E-state index contributed by atoms with van der Waals surface area (Å²) in [4.78, 5) is 22.0. The molecule has 0 radical (unpaired) electrons. The van der Waals surface area contributed by atoms with Crippen molar-refractivity contribution in [3.05, 3.63) is 52.5 Å². The Bertz CT molecular complexity index is 600. The van der Waals surface area contributed by atoms with E-state index in [2.05, 4.69) is 25.9 Å². The lowest BCUT2D eigenvalue weighted by atomic mass is 10.2. The summed E-state index contributed by atoms with van der Waals surface area (Å²) in [6.07, 6.45) is 3.82. The van der Waals surface area contributed by atoms with Gasteiger partial charge in [0.05, 0.1) is 13.0 Å². The van der Waals surface area contributed by atoms with E-state index in [1.165, 1.54) is 0 Å². The normalized spacial score (nSPS) is 13.8. The SMILES string of the molecule is O=C1Cc2cc(Br)ccc2N1Cc1ncccn1. The molecule has 1 aliphatic rings. The van der Waals surface area contributed by atoms with Crippen LogP contribution in [0.25, 0.3) is 0 Å². The molecule has 1 aromatic carbocycles. The monoisotopic (exact) mass is 303 g/mol. The molecule has 0 spiro atoms. The van der Waals surface area contributed by atoms with Crippen molar-refractivity contribution < 1.29 is 4.79 Å². The molecule has 90 valence electrons. The minimum atomic E-state index is 0.0931. The van der Waals surface area contributed by atoms with Crippen molar-refractivity contribution in [2.75, 3.05) is 4.90 Å². The van der Waals surface area contributed by atoms with Gasteiger partial charge in [0.25, 0.3) is 0 Å². The largest absolute Gasteiger partial charge is 0.304 e. The molecule has 5 heteroatoms. The number of carbonyl (C=O) groups is 1. The van der Waals surface area contributed by atoms with E-state index in [1.54, 1.807) is 23.4 Å². The van der Waals surface area contributed by atoms with Crippen molar-refractivity contribution in [2.24, 2.45) is 0 Å². The maximum atomic E-state index is 12.0. The third-order valence-corrected chi connectivity index (χ3v) is 3.39. The van der Waals surface area contributed by atoms with Gasteiger partial charge in [-0.05, 0) is 29.8 Å². The topological polar surface area (TPSA) is 46.1 Å². The Balaban J connectivity index is 1.93. The van der Waals surface area contributed by atoms with Gasteiger partial charge >= 0.3 is 0 Å². The second-order valence-corrected chi connectivity index (χ2v) is 5.01. The molecule has 4 nitrogen and oxygen atoms in total. The molecule has 0 N–H and O–H groups in total. The van der Waals surface area contributed by atoms with Crippen LogP contribution in [-0.2, 0) is 17.8 Å². The molecule has 2 heterocycles. The molecule has 18 heavy (non-hydrogen) atoms. The van der Waals surface area contributed by atoms with Crippen LogP contribution in [0.2, 0.25) is 0 Å². The number of amides is 1. The molecule has 0 atom stereocenters. The second kappa shape index (κ2) is 4.49. The van der Waals surface area contributed by atoms with E-state index < -0.39 is 0 Å². The molecule has 1 aliphatic heterocycles. The summed E-state index contributed by atoms with van der Waals surface area (Å²) in [5.74, 6) is 0.747. The van der Waals surface area contributed by atoms with Gasteiger partial charge in [-0.3, -0.25) is 4.79 Å². The Morgan fingerprint density at radius 2 is 2.06 bits per heavy atom. The summed E-state index contributed by atoms with van der Waals surface area (Å²) < 4.78 is 0.992. The Hall–Kier alpha value is -1.75. The zero-order valence-corrected chi connectivity index (χ0v) is 11.1. The van der Waals surface area contributed by atoms with Crippen LogP contribution in [0, 0.1) is 0 Å². The van der Waals surface area contributed by atoms with Crippen LogP contribution in [0.3, 0.4) is 0 Å². The standard InChI is InChI=1S/C13H10BrN3O/c14-10-2-3-11-9(6-10)7-13(18)17(11)8-12-15-4-1-5-16-12/h1-6H,7-8H2. The van der Waals surface area contributed by atoms with Crippen molar-refractivity contribution in [1.82, 2.24) is 9.97 Å². The van der Waals surface area contributed by atoms with Gasteiger partial charge in [0.1, 0.15) is 5.82 Å². The second-order valence-electron chi connectivity index (χ2n) is 4.09. The Kier molecular flexibility index (Phi) is 2.83. The number of fused-ring (bicyclic) bond motifs is 1. The molecule has 3 rings (SSSR count). The number of anilines is 1. The molecule has 2 aromatic rings. The molecule has 1 aromatic heterocycles. The maximum Gasteiger partial charge on any atom is 0.231 e. The molecule has 0 saturated heterocycles. The van der Waals surface area contributed by atoms with Crippen LogP contribution < -0.4 is 4.90 Å². The zero-order valence-electron chi connectivity index (χ0n) is 9.51. The number of hydrogen-bond donors (Lipinski definition) is 0. The summed E-state index contributed by atoms with van der Waals surface area (Å²) in [7, 11) is 0. The zero-order chi connectivity index (χ0) is 12.5. The minimum absolute atomic E-state index is 0.0931. The summed E-state index contributed by atoms with van der Waals surface area (Å²) in [5, 5.41) is 0. The summed E-state index contributed by atoms with van der Waals surface area (Å²) in [5.41, 5.74) is 2.00. The number of nitrogens with zero attached hydrogens (tertiary/aromatic N) is 3. The Morgan fingerprint density at radius 1 is 1.28 bits per heavy atom. The van der Waals surface area contributed by atoms with Crippen molar-refractivity contribution in [3.63, 3.8) is 0 Å². The van der Waals surface area contributed by atoms with Gasteiger partial charge in [-0.25, -0.2) is 9.97 Å². The number of carbonyl (C=O) groups excluding carboxylic acids is 1.